The van der Waals surface area contributed by atoms with Crippen molar-refractivity contribution in [2.75, 3.05) is 4.90 Å². The predicted molar refractivity (Wildman–Crippen MR) is 131 cm³/mol. The van der Waals surface area contributed by atoms with Gasteiger partial charge in [-0.3, -0.25) is 20.3 Å². The van der Waals surface area contributed by atoms with Crippen molar-refractivity contribution >= 4 is 52.4 Å². The number of hydrogen-bond acceptors (Lipinski definition) is 6. The molecule has 10 heteroatoms. The van der Waals surface area contributed by atoms with Gasteiger partial charge in [0.25, 0.3) is 0 Å². The Morgan fingerprint density at radius 1 is 1.00 bits per heavy atom. The van der Waals surface area contributed by atoms with Gasteiger partial charge in [0.05, 0.1) is 11.4 Å². The fourth-order valence-corrected chi connectivity index (χ4v) is 6.51. The average Bonchev–Trinajstić information content (AvgIpc) is 2.81. The molecule has 2 saturated heterocycles. The summed E-state index contributed by atoms with van der Waals surface area (Å²) in [5, 5.41) is 16.4. The van der Waals surface area contributed by atoms with E-state index in [9.17, 15) is 9.59 Å². The lowest BCUT2D eigenvalue weighted by atomic mass is 9.83. The van der Waals surface area contributed by atoms with Crippen LogP contribution < -0.4 is 31.5 Å². The summed E-state index contributed by atoms with van der Waals surface area (Å²) in [6.07, 6.45) is 2.24. The monoisotopic (exact) mass is 480 g/mol. The highest BCUT2D eigenvalue weighted by atomic mass is 32.2. The minimum Gasteiger partial charge on any atom is -0.345 e. The van der Waals surface area contributed by atoms with Gasteiger partial charge < -0.3 is 16.0 Å². The zero-order valence-corrected chi connectivity index (χ0v) is 19.3. The van der Waals surface area contributed by atoms with E-state index in [-0.39, 0.29) is 42.3 Å². The molecule has 3 amide bonds. The molecular formula is C23H24N6O2S2. The molecule has 2 aromatic rings. The molecule has 4 aliphatic rings. The third-order valence-corrected chi connectivity index (χ3v) is 8.09. The smallest absolute Gasteiger partial charge is 0.326 e. The van der Waals surface area contributed by atoms with E-state index in [4.69, 9.17) is 12.2 Å². The van der Waals surface area contributed by atoms with Crippen molar-refractivity contribution in [2.45, 2.75) is 59.4 Å². The van der Waals surface area contributed by atoms with Crippen LogP contribution in [0.25, 0.3) is 0 Å². The van der Waals surface area contributed by atoms with Crippen molar-refractivity contribution in [3.05, 3.63) is 48.5 Å². The molecule has 1 aliphatic carbocycles. The Kier molecular flexibility index (Phi) is 5.25. The number of piperazine rings is 1. The number of thiocarbonyl (C=S) groups is 1. The number of benzene rings is 2. The van der Waals surface area contributed by atoms with Crippen molar-refractivity contribution in [3.63, 3.8) is 0 Å². The molecule has 8 nitrogen and oxygen atoms in total. The first-order chi connectivity index (χ1) is 16.1. The Balaban J connectivity index is 1.19. The van der Waals surface area contributed by atoms with E-state index >= 15 is 0 Å². The van der Waals surface area contributed by atoms with Crippen LogP contribution >= 0.6 is 24.0 Å². The van der Waals surface area contributed by atoms with Gasteiger partial charge in [-0.1, -0.05) is 36.0 Å². The van der Waals surface area contributed by atoms with Crippen LogP contribution in [0.4, 0.5) is 16.2 Å². The molecule has 0 aromatic heterocycles. The first-order valence-electron chi connectivity index (χ1n) is 11.2. The number of carbonyl (C=O) groups excluding carboxylic acids is 2. The molecule has 0 bridgehead atoms. The molecule has 1 saturated carbocycles. The van der Waals surface area contributed by atoms with Gasteiger partial charge in [-0.25, -0.2) is 4.79 Å². The molecular weight excluding hydrogens is 456 g/mol. The normalized spacial score (nSPS) is 30.1. The molecule has 3 aliphatic heterocycles. The number of hydrogen-bond donors (Lipinski definition) is 5. The number of nitrogens with one attached hydrogen (secondary N) is 5. The van der Waals surface area contributed by atoms with Crippen LogP contribution in [0.1, 0.15) is 19.3 Å². The quantitative estimate of drug-likeness (QED) is 0.399. The van der Waals surface area contributed by atoms with Crippen LogP contribution in [-0.4, -0.2) is 47.4 Å². The average molecular weight is 481 g/mol. The maximum Gasteiger partial charge on any atom is 0.326 e. The summed E-state index contributed by atoms with van der Waals surface area (Å²) in [4.78, 5) is 29.8. The van der Waals surface area contributed by atoms with E-state index in [2.05, 4.69) is 26.6 Å². The SMILES string of the molecule is O=C1NC(=S)NC2NC3CC(NC(=O)N4c5ccccc5Sc5ccccc54)CCC3NC12. The maximum absolute atomic E-state index is 13.6. The van der Waals surface area contributed by atoms with Gasteiger partial charge in [0.1, 0.15) is 12.2 Å². The Hall–Kier alpha value is -2.66. The minimum atomic E-state index is -0.358. The highest BCUT2D eigenvalue weighted by Crippen LogP contribution is 2.47. The van der Waals surface area contributed by atoms with Crippen molar-refractivity contribution in [1.82, 2.24) is 26.6 Å². The lowest BCUT2D eigenvalue weighted by molar-refractivity contribution is -0.124. The van der Waals surface area contributed by atoms with E-state index in [1.165, 1.54) is 0 Å². The fourth-order valence-electron chi connectivity index (χ4n) is 5.22. The number of amides is 3. The molecule has 5 atom stereocenters. The number of nitrogens with zero attached hydrogens (tertiary/aromatic N) is 1. The largest absolute Gasteiger partial charge is 0.345 e. The first kappa shape index (κ1) is 20.9. The molecule has 5 N–H and O–H groups in total. The third kappa shape index (κ3) is 3.76. The zero-order chi connectivity index (χ0) is 22.5. The Morgan fingerprint density at radius 2 is 1.70 bits per heavy atom. The summed E-state index contributed by atoms with van der Waals surface area (Å²) in [6.45, 7) is 0. The van der Waals surface area contributed by atoms with Crippen LogP contribution in [-0.2, 0) is 4.79 Å². The summed E-state index contributed by atoms with van der Waals surface area (Å²) in [5.41, 5.74) is 1.80. The lowest BCUT2D eigenvalue weighted by Crippen LogP contribution is -2.78. The topological polar surface area (TPSA) is 97.5 Å². The summed E-state index contributed by atoms with van der Waals surface area (Å²) in [6, 6.07) is 15.9. The van der Waals surface area contributed by atoms with Gasteiger partial charge in [-0.05, 0) is 55.7 Å². The molecule has 33 heavy (non-hydrogen) atoms. The summed E-state index contributed by atoms with van der Waals surface area (Å²) in [5.74, 6) is -0.106. The maximum atomic E-state index is 13.6. The van der Waals surface area contributed by atoms with Gasteiger partial charge in [-0.15, -0.1) is 0 Å². The van der Waals surface area contributed by atoms with Crippen molar-refractivity contribution in [3.8, 4) is 0 Å². The van der Waals surface area contributed by atoms with Gasteiger partial charge in [0.15, 0.2) is 5.11 Å². The predicted octanol–water partition coefficient (Wildman–Crippen LogP) is 2.18. The highest BCUT2D eigenvalue weighted by Gasteiger charge is 2.45. The second-order valence-electron chi connectivity index (χ2n) is 8.80. The molecule has 3 fully saturated rings. The Labute approximate surface area is 201 Å². The molecule has 6 rings (SSSR count). The van der Waals surface area contributed by atoms with Gasteiger partial charge in [0.2, 0.25) is 5.91 Å². The number of rotatable bonds is 1. The first-order valence-corrected chi connectivity index (χ1v) is 12.4. The van der Waals surface area contributed by atoms with Gasteiger partial charge in [0, 0.05) is 27.9 Å². The molecule has 2 aromatic carbocycles. The van der Waals surface area contributed by atoms with E-state index < -0.39 is 0 Å². The summed E-state index contributed by atoms with van der Waals surface area (Å²) in [7, 11) is 0. The molecule has 5 unspecified atom stereocenters. The second kappa shape index (κ2) is 8.28. The molecule has 3 heterocycles. The number of urea groups is 1. The second-order valence-corrected chi connectivity index (χ2v) is 10.3. The minimum absolute atomic E-state index is 0.0304. The van der Waals surface area contributed by atoms with Crippen molar-refractivity contribution in [2.24, 2.45) is 0 Å². The standard InChI is InChI=1S/C23H24N6O2S2/c30-21-19-20(27-22(32)28-21)26-14-11-12(9-10-13(14)25-19)24-23(31)29-15-5-1-3-7-17(15)33-18-8-4-2-6-16(18)29/h1-8,12-14,19-20,25-26H,9-11H2,(H,24,31)(H2,27,28,30,32). The number of carbonyl (C=O) groups is 2. The Bertz CT molecular complexity index is 1100. The summed E-state index contributed by atoms with van der Waals surface area (Å²) >= 11 is 6.82. The van der Waals surface area contributed by atoms with Gasteiger partial charge in [-0.2, -0.15) is 0 Å². The van der Waals surface area contributed by atoms with Crippen LogP contribution in [0, 0.1) is 0 Å². The Morgan fingerprint density at radius 3 is 2.42 bits per heavy atom. The van der Waals surface area contributed by atoms with E-state index in [0.717, 1.165) is 40.4 Å². The van der Waals surface area contributed by atoms with Crippen LogP contribution in [0.5, 0.6) is 0 Å². The highest BCUT2D eigenvalue weighted by molar-refractivity contribution is 7.99. The van der Waals surface area contributed by atoms with Crippen LogP contribution in [0.3, 0.4) is 0 Å². The van der Waals surface area contributed by atoms with E-state index in [1.54, 1.807) is 16.7 Å². The summed E-state index contributed by atoms with van der Waals surface area (Å²) < 4.78 is 0. The fraction of sp³-hybridized carbons (Fsp3) is 0.348. The molecule has 0 radical (unpaired) electrons. The molecule has 170 valence electrons. The number of anilines is 2. The zero-order valence-electron chi connectivity index (χ0n) is 17.7. The van der Waals surface area contributed by atoms with Crippen molar-refractivity contribution in [1.29, 1.82) is 0 Å². The number of para-hydroxylation sites is 2. The lowest BCUT2D eigenvalue weighted by Gasteiger charge is -2.48. The van der Waals surface area contributed by atoms with Crippen molar-refractivity contribution < 1.29 is 9.59 Å². The number of fused-ring (bicyclic) bond motifs is 4. The van der Waals surface area contributed by atoms with Gasteiger partial charge >= 0.3 is 6.03 Å². The van der Waals surface area contributed by atoms with E-state index in [1.807, 2.05) is 48.5 Å². The molecule has 0 spiro atoms. The van der Waals surface area contributed by atoms with Crippen LogP contribution in [0.15, 0.2) is 58.3 Å². The third-order valence-electron chi connectivity index (χ3n) is 6.74. The van der Waals surface area contributed by atoms with Crippen LogP contribution in [0.2, 0.25) is 0 Å². The van der Waals surface area contributed by atoms with E-state index in [0.29, 0.717) is 5.11 Å².